The van der Waals surface area contributed by atoms with Gasteiger partial charge in [-0.05, 0) is 6.07 Å². The highest BCUT2D eigenvalue weighted by Crippen LogP contribution is 2.11. The Morgan fingerprint density at radius 1 is 1.00 bits per heavy atom. The van der Waals surface area contributed by atoms with Gasteiger partial charge in [-0.1, -0.05) is 42.3 Å². The molecule has 2 aromatic heterocycles. The van der Waals surface area contributed by atoms with Gasteiger partial charge in [0.05, 0.1) is 13.2 Å². The SMILES string of the molecule is C#Cc1ccn2nc(N3CCOCC3)nc2n1.c1ccccc1. The lowest BCUT2D eigenvalue weighted by molar-refractivity contribution is 0.122. The van der Waals surface area contributed by atoms with Crippen molar-refractivity contribution >= 4 is 11.7 Å². The fourth-order valence-electron chi connectivity index (χ4n) is 2.13. The Morgan fingerprint density at radius 2 is 1.65 bits per heavy atom. The van der Waals surface area contributed by atoms with Crippen LogP contribution < -0.4 is 4.90 Å². The van der Waals surface area contributed by atoms with Crippen molar-refractivity contribution in [3.63, 3.8) is 0 Å². The number of hydrogen-bond donors (Lipinski definition) is 0. The number of morpholine rings is 1. The van der Waals surface area contributed by atoms with Crippen molar-refractivity contribution in [2.45, 2.75) is 0 Å². The van der Waals surface area contributed by atoms with E-state index >= 15 is 0 Å². The number of hydrogen-bond acceptors (Lipinski definition) is 5. The summed E-state index contributed by atoms with van der Waals surface area (Å²) in [6.07, 6.45) is 7.07. The summed E-state index contributed by atoms with van der Waals surface area (Å²) >= 11 is 0. The summed E-state index contributed by atoms with van der Waals surface area (Å²) in [6.45, 7) is 3.02. The largest absolute Gasteiger partial charge is 0.378 e. The summed E-state index contributed by atoms with van der Waals surface area (Å²) in [7, 11) is 0. The predicted molar refractivity (Wildman–Crippen MR) is 88.2 cm³/mol. The minimum Gasteiger partial charge on any atom is -0.378 e. The van der Waals surface area contributed by atoms with Gasteiger partial charge in [-0.15, -0.1) is 11.5 Å². The van der Waals surface area contributed by atoms with Gasteiger partial charge in [0.2, 0.25) is 5.95 Å². The number of benzene rings is 1. The Balaban J connectivity index is 0.000000220. The van der Waals surface area contributed by atoms with E-state index in [0.29, 0.717) is 30.6 Å². The number of anilines is 1. The first-order valence-electron chi connectivity index (χ1n) is 7.39. The maximum atomic E-state index is 5.29. The molecule has 3 aromatic rings. The molecule has 116 valence electrons. The summed E-state index contributed by atoms with van der Waals surface area (Å²) < 4.78 is 6.92. The molecular weight excluding hydrogens is 290 g/mol. The molecule has 0 radical (unpaired) electrons. The van der Waals surface area contributed by atoms with Crippen molar-refractivity contribution in [3.05, 3.63) is 54.4 Å². The lowest BCUT2D eigenvalue weighted by atomic mass is 10.4. The Kier molecular flexibility index (Phi) is 4.82. The van der Waals surface area contributed by atoms with E-state index in [2.05, 4.69) is 25.9 Å². The lowest BCUT2D eigenvalue weighted by Crippen LogP contribution is -2.36. The van der Waals surface area contributed by atoms with E-state index in [1.54, 1.807) is 16.8 Å². The molecule has 1 aromatic carbocycles. The third kappa shape index (κ3) is 3.84. The molecule has 1 fully saturated rings. The van der Waals surface area contributed by atoms with Crippen molar-refractivity contribution in [3.8, 4) is 12.3 Å². The van der Waals surface area contributed by atoms with Crippen LogP contribution in [0.15, 0.2) is 48.7 Å². The van der Waals surface area contributed by atoms with Gasteiger partial charge in [0.15, 0.2) is 0 Å². The van der Waals surface area contributed by atoms with Crippen LogP contribution in [0.5, 0.6) is 0 Å². The quantitative estimate of drug-likeness (QED) is 0.640. The third-order valence-corrected chi connectivity index (χ3v) is 3.30. The highest BCUT2D eigenvalue weighted by Gasteiger charge is 2.16. The molecule has 6 heteroatoms. The summed E-state index contributed by atoms with van der Waals surface area (Å²) in [4.78, 5) is 10.6. The maximum Gasteiger partial charge on any atom is 0.255 e. The second kappa shape index (κ2) is 7.38. The van der Waals surface area contributed by atoms with Crippen LogP contribution in [0.1, 0.15) is 5.69 Å². The van der Waals surface area contributed by atoms with Crippen molar-refractivity contribution in [1.29, 1.82) is 0 Å². The molecule has 0 unspecified atom stereocenters. The fourth-order valence-corrected chi connectivity index (χ4v) is 2.13. The summed E-state index contributed by atoms with van der Waals surface area (Å²) in [5, 5.41) is 4.36. The average molecular weight is 307 g/mol. The van der Waals surface area contributed by atoms with E-state index in [0.717, 1.165) is 13.1 Å². The second-order valence-corrected chi connectivity index (χ2v) is 4.87. The van der Waals surface area contributed by atoms with Gasteiger partial charge in [-0.25, -0.2) is 9.50 Å². The molecule has 0 spiro atoms. The lowest BCUT2D eigenvalue weighted by Gasteiger charge is -2.25. The van der Waals surface area contributed by atoms with Gasteiger partial charge in [0.1, 0.15) is 5.69 Å². The van der Waals surface area contributed by atoms with Crippen LogP contribution in [-0.4, -0.2) is 45.9 Å². The van der Waals surface area contributed by atoms with Crippen LogP contribution in [0.2, 0.25) is 0 Å². The first-order valence-corrected chi connectivity index (χ1v) is 7.39. The van der Waals surface area contributed by atoms with Crippen LogP contribution in [-0.2, 0) is 4.74 Å². The molecule has 0 saturated carbocycles. The van der Waals surface area contributed by atoms with E-state index in [4.69, 9.17) is 11.2 Å². The fraction of sp³-hybridized carbons (Fsp3) is 0.235. The zero-order chi connectivity index (χ0) is 15.9. The van der Waals surface area contributed by atoms with Gasteiger partial charge < -0.3 is 9.64 Å². The third-order valence-electron chi connectivity index (χ3n) is 3.30. The van der Waals surface area contributed by atoms with Crippen molar-refractivity contribution in [2.24, 2.45) is 0 Å². The molecule has 0 atom stereocenters. The maximum absolute atomic E-state index is 5.29. The molecule has 0 bridgehead atoms. The van der Waals surface area contributed by atoms with Crippen LogP contribution in [0.4, 0.5) is 5.95 Å². The molecule has 4 rings (SSSR count). The van der Waals surface area contributed by atoms with E-state index < -0.39 is 0 Å². The average Bonchev–Trinajstić information content (AvgIpc) is 3.07. The first-order chi connectivity index (χ1) is 11.4. The van der Waals surface area contributed by atoms with Gasteiger partial charge in [0.25, 0.3) is 5.78 Å². The number of ether oxygens (including phenoxy) is 1. The zero-order valence-corrected chi connectivity index (χ0v) is 12.7. The normalized spacial score (nSPS) is 14.0. The van der Waals surface area contributed by atoms with E-state index in [1.165, 1.54) is 0 Å². The first kappa shape index (κ1) is 15.0. The molecule has 0 N–H and O–H groups in total. The summed E-state index contributed by atoms with van der Waals surface area (Å²) in [5.74, 6) is 3.69. The highest BCUT2D eigenvalue weighted by molar-refractivity contribution is 5.41. The number of fused-ring (bicyclic) bond motifs is 1. The number of rotatable bonds is 1. The molecule has 23 heavy (non-hydrogen) atoms. The smallest absolute Gasteiger partial charge is 0.255 e. The molecule has 0 amide bonds. The molecule has 1 aliphatic heterocycles. The van der Waals surface area contributed by atoms with Gasteiger partial charge in [0, 0.05) is 19.3 Å². The van der Waals surface area contributed by atoms with Crippen LogP contribution in [0, 0.1) is 12.3 Å². The van der Waals surface area contributed by atoms with Crippen molar-refractivity contribution < 1.29 is 4.74 Å². The van der Waals surface area contributed by atoms with Crippen molar-refractivity contribution in [1.82, 2.24) is 19.6 Å². The molecule has 1 aliphatic rings. The van der Waals surface area contributed by atoms with E-state index in [1.807, 2.05) is 36.4 Å². The van der Waals surface area contributed by atoms with Gasteiger partial charge >= 0.3 is 0 Å². The van der Waals surface area contributed by atoms with E-state index in [-0.39, 0.29) is 0 Å². The Morgan fingerprint density at radius 3 is 2.26 bits per heavy atom. The molecule has 1 saturated heterocycles. The summed E-state index contributed by atoms with van der Waals surface area (Å²) in [6, 6.07) is 13.7. The zero-order valence-electron chi connectivity index (χ0n) is 12.7. The Labute approximate surface area is 134 Å². The number of terminal acetylenes is 1. The summed E-state index contributed by atoms with van der Waals surface area (Å²) in [5.41, 5.74) is 0.568. The number of nitrogens with zero attached hydrogens (tertiary/aromatic N) is 5. The molecular formula is C17H17N5O. The Bertz CT molecular complexity index is 761. The predicted octanol–water partition coefficient (Wildman–Crippen LogP) is 1.63. The van der Waals surface area contributed by atoms with Crippen LogP contribution in [0.3, 0.4) is 0 Å². The topological polar surface area (TPSA) is 55.5 Å². The molecule has 6 nitrogen and oxygen atoms in total. The van der Waals surface area contributed by atoms with Gasteiger partial charge in [-0.3, -0.25) is 0 Å². The van der Waals surface area contributed by atoms with Gasteiger partial charge in [-0.2, -0.15) is 4.98 Å². The van der Waals surface area contributed by atoms with Crippen LogP contribution in [0.25, 0.3) is 5.78 Å². The van der Waals surface area contributed by atoms with Crippen LogP contribution >= 0.6 is 0 Å². The Hall–Kier alpha value is -2.91. The van der Waals surface area contributed by atoms with Crippen molar-refractivity contribution in [2.75, 3.05) is 31.2 Å². The second-order valence-electron chi connectivity index (χ2n) is 4.87. The standard InChI is InChI=1S/C11H11N5O.C6H6/c1-2-9-3-4-16-10(12-9)13-11(14-16)15-5-7-17-8-6-15;1-2-4-6-5-3-1/h1,3-4H,5-8H2;1-6H. The molecule has 3 heterocycles. The number of aromatic nitrogens is 4. The monoisotopic (exact) mass is 307 g/mol. The highest BCUT2D eigenvalue weighted by atomic mass is 16.5. The molecule has 0 aliphatic carbocycles. The van der Waals surface area contributed by atoms with E-state index in [9.17, 15) is 0 Å². The minimum atomic E-state index is 0.530. The minimum absolute atomic E-state index is 0.530.